The fourth-order valence-electron chi connectivity index (χ4n) is 1.85. The molecule has 0 aliphatic heterocycles. The van der Waals surface area contributed by atoms with Gasteiger partial charge in [-0.25, -0.2) is 4.98 Å². The maximum absolute atomic E-state index is 10.4. The van der Waals surface area contributed by atoms with E-state index in [4.69, 9.17) is 5.11 Å². The first-order chi connectivity index (χ1) is 9.56. The van der Waals surface area contributed by atoms with Crippen molar-refractivity contribution < 1.29 is 9.90 Å². The van der Waals surface area contributed by atoms with Gasteiger partial charge in [0.1, 0.15) is 0 Å². The molecular weight excluding hydrogens is 272 g/mol. The highest BCUT2D eigenvalue weighted by atomic mass is 32.1. The van der Waals surface area contributed by atoms with Gasteiger partial charge in [0.05, 0.1) is 17.2 Å². The third-order valence-corrected chi connectivity index (χ3v) is 4.05. The number of carbonyl (C=O) groups is 1. The van der Waals surface area contributed by atoms with Gasteiger partial charge in [0.15, 0.2) is 0 Å². The van der Waals surface area contributed by atoms with Crippen LogP contribution >= 0.6 is 11.3 Å². The van der Waals surface area contributed by atoms with Crippen LogP contribution in [0.25, 0.3) is 11.3 Å². The highest BCUT2D eigenvalue weighted by Gasteiger charge is 2.06. The number of aryl methyl sites for hydroxylation is 2. The maximum atomic E-state index is 10.4. The molecule has 0 saturated carbocycles. The van der Waals surface area contributed by atoms with Crippen LogP contribution in [0.15, 0.2) is 23.6 Å². The van der Waals surface area contributed by atoms with E-state index < -0.39 is 5.97 Å². The molecule has 1 aromatic heterocycles. The highest BCUT2D eigenvalue weighted by molar-refractivity contribution is 7.09. The van der Waals surface area contributed by atoms with Gasteiger partial charge >= 0.3 is 5.97 Å². The standard InChI is InChI=1S/C15H18N2O2S/c1-10-3-4-12(7-11(10)2)13-9-20-14(17-13)5-6-16-8-15(18)19/h3-4,7,9,16H,5-6,8H2,1-2H3,(H,18,19). The van der Waals surface area contributed by atoms with Crippen LogP contribution in [0.1, 0.15) is 16.1 Å². The Morgan fingerprint density at radius 3 is 2.85 bits per heavy atom. The van der Waals surface area contributed by atoms with Gasteiger partial charge in [0, 0.05) is 23.9 Å². The molecule has 0 bridgehead atoms. The Morgan fingerprint density at radius 2 is 2.15 bits per heavy atom. The van der Waals surface area contributed by atoms with E-state index in [0.29, 0.717) is 6.54 Å². The minimum Gasteiger partial charge on any atom is -0.480 e. The Morgan fingerprint density at radius 1 is 1.35 bits per heavy atom. The lowest BCUT2D eigenvalue weighted by molar-refractivity contribution is -0.135. The molecule has 2 aromatic rings. The molecule has 2 N–H and O–H groups in total. The van der Waals surface area contributed by atoms with Gasteiger partial charge in [-0.3, -0.25) is 4.79 Å². The number of benzene rings is 1. The Labute approximate surface area is 122 Å². The molecule has 0 spiro atoms. The van der Waals surface area contributed by atoms with E-state index in [1.54, 1.807) is 11.3 Å². The third-order valence-electron chi connectivity index (χ3n) is 3.15. The lowest BCUT2D eigenvalue weighted by Gasteiger charge is -2.02. The van der Waals surface area contributed by atoms with Crippen LogP contribution in [0.5, 0.6) is 0 Å². The maximum Gasteiger partial charge on any atom is 0.317 e. The van der Waals surface area contributed by atoms with Crippen LogP contribution in [0.2, 0.25) is 0 Å². The molecule has 0 aliphatic carbocycles. The molecular formula is C15H18N2O2S. The average Bonchev–Trinajstić information content (AvgIpc) is 2.86. The first-order valence-corrected chi connectivity index (χ1v) is 7.39. The summed E-state index contributed by atoms with van der Waals surface area (Å²) in [5.41, 5.74) is 4.67. The molecule has 0 saturated heterocycles. The number of nitrogens with zero attached hydrogens (tertiary/aromatic N) is 1. The smallest absolute Gasteiger partial charge is 0.317 e. The molecule has 0 radical (unpaired) electrons. The number of hydrogen-bond donors (Lipinski definition) is 2. The predicted molar refractivity (Wildman–Crippen MR) is 81.2 cm³/mol. The zero-order chi connectivity index (χ0) is 14.5. The largest absolute Gasteiger partial charge is 0.480 e. The van der Waals surface area contributed by atoms with E-state index in [1.165, 1.54) is 11.1 Å². The number of carboxylic acid groups (broad SMARTS) is 1. The lowest BCUT2D eigenvalue weighted by atomic mass is 10.1. The number of thiazole rings is 1. The van der Waals surface area contributed by atoms with E-state index in [0.717, 1.165) is 22.7 Å². The van der Waals surface area contributed by atoms with Gasteiger partial charge in [-0.05, 0) is 31.0 Å². The van der Waals surface area contributed by atoms with E-state index >= 15 is 0 Å². The summed E-state index contributed by atoms with van der Waals surface area (Å²) in [4.78, 5) is 15.0. The average molecular weight is 290 g/mol. The molecule has 2 rings (SSSR count). The van der Waals surface area contributed by atoms with Crippen LogP contribution in [0.3, 0.4) is 0 Å². The van der Waals surface area contributed by atoms with Crippen molar-refractivity contribution in [1.29, 1.82) is 0 Å². The second kappa shape index (κ2) is 6.63. The summed E-state index contributed by atoms with van der Waals surface area (Å²) >= 11 is 1.61. The molecule has 20 heavy (non-hydrogen) atoms. The van der Waals surface area contributed by atoms with Gasteiger partial charge in [0.2, 0.25) is 0 Å². The topological polar surface area (TPSA) is 62.2 Å². The minimum absolute atomic E-state index is 0.00457. The van der Waals surface area contributed by atoms with E-state index in [2.05, 4.69) is 47.7 Å². The van der Waals surface area contributed by atoms with Gasteiger partial charge in [-0.1, -0.05) is 12.1 Å². The fourth-order valence-corrected chi connectivity index (χ4v) is 2.66. The van der Waals surface area contributed by atoms with Gasteiger partial charge in [0.25, 0.3) is 0 Å². The molecule has 4 nitrogen and oxygen atoms in total. The number of aliphatic carboxylic acids is 1. The van der Waals surface area contributed by atoms with Crippen LogP contribution in [-0.2, 0) is 11.2 Å². The first kappa shape index (κ1) is 14.7. The van der Waals surface area contributed by atoms with Gasteiger partial charge < -0.3 is 10.4 Å². The summed E-state index contributed by atoms with van der Waals surface area (Å²) in [6.07, 6.45) is 0.753. The van der Waals surface area contributed by atoms with Crippen molar-refractivity contribution in [1.82, 2.24) is 10.3 Å². The summed E-state index contributed by atoms with van der Waals surface area (Å²) < 4.78 is 0. The quantitative estimate of drug-likeness (QED) is 0.803. The van der Waals surface area contributed by atoms with Crippen molar-refractivity contribution in [3.05, 3.63) is 39.7 Å². The second-order valence-electron chi connectivity index (χ2n) is 4.75. The number of aromatic nitrogens is 1. The SMILES string of the molecule is Cc1ccc(-c2csc(CCNCC(=O)O)n2)cc1C. The molecule has 1 aromatic carbocycles. The molecule has 106 valence electrons. The van der Waals surface area contributed by atoms with Crippen molar-refractivity contribution in [2.75, 3.05) is 13.1 Å². The summed E-state index contributed by atoms with van der Waals surface area (Å²) in [5.74, 6) is -0.833. The van der Waals surface area contributed by atoms with Crippen LogP contribution in [0.4, 0.5) is 0 Å². The van der Waals surface area contributed by atoms with Gasteiger partial charge in [-0.2, -0.15) is 0 Å². The Balaban J connectivity index is 1.97. The highest BCUT2D eigenvalue weighted by Crippen LogP contribution is 2.24. The Bertz CT molecular complexity index is 608. The molecule has 1 heterocycles. The molecule has 0 fully saturated rings. The van der Waals surface area contributed by atoms with Crippen molar-refractivity contribution in [2.24, 2.45) is 0 Å². The van der Waals surface area contributed by atoms with E-state index in [-0.39, 0.29) is 6.54 Å². The molecule has 0 amide bonds. The summed E-state index contributed by atoms with van der Waals surface area (Å²) in [7, 11) is 0. The summed E-state index contributed by atoms with van der Waals surface area (Å²) in [5, 5.41) is 14.5. The number of hydrogen-bond acceptors (Lipinski definition) is 4. The van der Waals surface area contributed by atoms with Crippen LogP contribution in [0, 0.1) is 13.8 Å². The number of nitrogens with one attached hydrogen (secondary N) is 1. The second-order valence-corrected chi connectivity index (χ2v) is 5.69. The molecule has 0 aliphatic rings. The Hall–Kier alpha value is -1.72. The van der Waals surface area contributed by atoms with Crippen LogP contribution in [-0.4, -0.2) is 29.1 Å². The molecule has 0 unspecified atom stereocenters. The zero-order valence-corrected chi connectivity index (χ0v) is 12.5. The minimum atomic E-state index is -0.833. The lowest BCUT2D eigenvalue weighted by Crippen LogP contribution is -2.24. The predicted octanol–water partition coefficient (Wildman–Crippen LogP) is 2.64. The Kier molecular flexibility index (Phi) is 4.87. The third kappa shape index (κ3) is 3.88. The van der Waals surface area contributed by atoms with Crippen molar-refractivity contribution in [3.8, 4) is 11.3 Å². The number of carboxylic acids is 1. The van der Waals surface area contributed by atoms with Gasteiger partial charge in [-0.15, -0.1) is 11.3 Å². The van der Waals surface area contributed by atoms with Crippen molar-refractivity contribution >= 4 is 17.3 Å². The van der Waals surface area contributed by atoms with Crippen LogP contribution < -0.4 is 5.32 Å². The van der Waals surface area contributed by atoms with Crippen molar-refractivity contribution in [3.63, 3.8) is 0 Å². The first-order valence-electron chi connectivity index (χ1n) is 6.51. The zero-order valence-electron chi connectivity index (χ0n) is 11.6. The number of rotatable bonds is 6. The van der Waals surface area contributed by atoms with E-state index in [9.17, 15) is 4.79 Å². The van der Waals surface area contributed by atoms with E-state index in [1.807, 2.05) is 0 Å². The summed E-state index contributed by atoms with van der Waals surface area (Å²) in [6, 6.07) is 6.35. The monoisotopic (exact) mass is 290 g/mol. The molecule has 0 atom stereocenters. The normalized spacial score (nSPS) is 10.7. The summed E-state index contributed by atoms with van der Waals surface area (Å²) in [6.45, 7) is 4.82. The fraction of sp³-hybridized carbons (Fsp3) is 0.333. The van der Waals surface area contributed by atoms with Crippen molar-refractivity contribution in [2.45, 2.75) is 20.3 Å². The molecule has 5 heteroatoms.